The van der Waals surface area contributed by atoms with Gasteiger partial charge in [-0.1, -0.05) is 0 Å². The number of aromatic amines is 1. The molecule has 1 aromatic carbocycles. The van der Waals surface area contributed by atoms with E-state index in [0.29, 0.717) is 17.4 Å². The molecular weight excluding hydrogens is 214 g/mol. The van der Waals surface area contributed by atoms with Crippen molar-refractivity contribution < 1.29 is 13.9 Å². The summed E-state index contributed by atoms with van der Waals surface area (Å²) < 4.78 is 26.4. The summed E-state index contributed by atoms with van der Waals surface area (Å²) in [5.74, 6) is -1.25. The molecule has 16 heavy (non-hydrogen) atoms. The van der Waals surface area contributed by atoms with Crippen LogP contribution in [0.4, 0.5) is 8.78 Å². The van der Waals surface area contributed by atoms with E-state index in [1.165, 1.54) is 6.07 Å². The fraction of sp³-hybridized carbons (Fsp3) is 0.273. The van der Waals surface area contributed by atoms with E-state index >= 15 is 0 Å². The number of aromatic nitrogens is 1. The van der Waals surface area contributed by atoms with Crippen molar-refractivity contribution in [2.45, 2.75) is 12.5 Å². The summed E-state index contributed by atoms with van der Waals surface area (Å²) in [7, 11) is 0. The molecule has 1 heterocycles. The summed E-state index contributed by atoms with van der Waals surface area (Å²) in [5, 5.41) is 9.31. The van der Waals surface area contributed by atoms with Crippen LogP contribution in [0.25, 0.3) is 10.9 Å². The molecule has 2 rings (SSSR count). The van der Waals surface area contributed by atoms with E-state index in [2.05, 4.69) is 4.98 Å². The number of halogens is 2. The summed E-state index contributed by atoms with van der Waals surface area (Å²) in [6.45, 7) is -0.162. The number of hydrogen-bond acceptors (Lipinski definition) is 2. The fourth-order valence-corrected chi connectivity index (χ4v) is 1.73. The molecule has 2 aromatic rings. The zero-order chi connectivity index (χ0) is 11.7. The van der Waals surface area contributed by atoms with Gasteiger partial charge in [0.1, 0.15) is 11.6 Å². The van der Waals surface area contributed by atoms with Gasteiger partial charge in [0, 0.05) is 23.7 Å². The van der Waals surface area contributed by atoms with Crippen LogP contribution in [0.2, 0.25) is 0 Å². The smallest absolute Gasteiger partial charge is 0.150 e. The first-order valence-corrected chi connectivity index (χ1v) is 4.93. The Labute approximate surface area is 90.9 Å². The first kappa shape index (κ1) is 11.0. The summed E-state index contributed by atoms with van der Waals surface area (Å²) in [4.78, 5) is 2.73. The highest BCUT2D eigenvalue weighted by molar-refractivity contribution is 5.83. The monoisotopic (exact) mass is 226 g/mol. The second-order valence-electron chi connectivity index (χ2n) is 3.77. The Balaban J connectivity index is 2.47. The Hall–Kier alpha value is -1.46. The zero-order valence-electron chi connectivity index (χ0n) is 8.50. The molecule has 1 aromatic heterocycles. The second kappa shape index (κ2) is 4.19. The highest BCUT2D eigenvalue weighted by Crippen LogP contribution is 2.23. The molecule has 0 amide bonds. The van der Waals surface area contributed by atoms with Crippen LogP contribution in [-0.2, 0) is 6.42 Å². The Bertz CT molecular complexity index is 510. The maximum atomic E-state index is 13.3. The van der Waals surface area contributed by atoms with Crippen LogP contribution in [0.1, 0.15) is 5.56 Å². The lowest BCUT2D eigenvalue weighted by atomic mass is 10.1. The third kappa shape index (κ3) is 1.91. The molecule has 1 atom stereocenters. The highest BCUT2D eigenvalue weighted by atomic mass is 19.1. The number of benzene rings is 1. The molecule has 0 fully saturated rings. The highest BCUT2D eigenvalue weighted by Gasteiger charge is 2.12. The first-order valence-electron chi connectivity index (χ1n) is 4.93. The Morgan fingerprint density at radius 1 is 1.38 bits per heavy atom. The van der Waals surface area contributed by atoms with E-state index < -0.39 is 17.7 Å². The molecule has 5 heteroatoms. The lowest BCUT2D eigenvalue weighted by Crippen LogP contribution is -2.26. The second-order valence-corrected chi connectivity index (χ2v) is 3.77. The molecule has 1 unspecified atom stereocenters. The Morgan fingerprint density at radius 3 is 2.81 bits per heavy atom. The molecule has 0 spiro atoms. The number of aliphatic hydroxyl groups excluding tert-OH is 1. The fourth-order valence-electron chi connectivity index (χ4n) is 1.73. The SMILES string of the molecule is NC(CO)Cc1c[nH]c2c(F)cc(F)cc12. The van der Waals surface area contributed by atoms with Crippen LogP contribution < -0.4 is 5.73 Å². The molecule has 0 saturated heterocycles. The van der Waals surface area contributed by atoms with Crippen LogP contribution >= 0.6 is 0 Å². The third-order valence-corrected chi connectivity index (χ3v) is 2.51. The van der Waals surface area contributed by atoms with Gasteiger partial charge in [0.15, 0.2) is 0 Å². The van der Waals surface area contributed by atoms with Gasteiger partial charge < -0.3 is 15.8 Å². The largest absolute Gasteiger partial charge is 0.395 e. The van der Waals surface area contributed by atoms with E-state index in [0.717, 1.165) is 6.07 Å². The molecule has 4 N–H and O–H groups in total. The summed E-state index contributed by atoms with van der Waals surface area (Å²) in [6, 6.07) is 1.66. The summed E-state index contributed by atoms with van der Waals surface area (Å²) in [5.41, 5.74) is 6.55. The number of nitrogens with one attached hydrogen (secondary N) is 1. The maximum Gasteiger partial charge on any atom is 0.150 e. The van der Waals surface area contributed by atoms with E-state index in [1.807, 2.05) is 0 Å². The minimum atomic E-state index is -0.626. The molecule has 86 valence electrons. The van der Waals surface area contributed by atoms with Crippen molar-refractivity contribution >= 4 is 10.9 Å². The van der Waals surface area contributed by atoms with Gasteiger partial charge in [-0.25, -0.2) is 8.78 Å². The van der Waals surface area contributed by atoms with Crippen molar-refractivity contribution in [1.29, 1.82) is 0 Å². The van der Waals surface area contributed by atoms with E-state index in [9.17, 15) is 8.78 Å². The molecule has 0 bridgehead atoms. The number of H-pyrrole nitrogens is 1. The third-order valence-electron chi connectivity index (χ3n) is 2.51. The van der Waals surface area contributed by atoms with Crippen molar-refractivity contribution in [2.24, 2.45) is 5.73 Å². The predicted octanol–water partition coefficient (Wildman–Crippen LogP) is 1.31. The lowest BCUT2D eigenvalue weighted by molar-refractivity contribution is 0.265. The van der Waals surface area contributed by atoms with Gasteiger partial charge >= 0.3 is 0 Å². The summed E-state index contributed by atoms with van der Waals surface area (Å²) >= 11 is 0. The molecular formula is C11H12F2N2O. The molecule has 0 aliphatic carbocycles. The number of nitrogens with two attached hydrogens (primary N) is 1. The van der Waals surface area contributed by atoms with Crippen LogP contribution in [0.5, 0.6) is 0 Å². The molecule has 0 aliphatic heterocycles. The standard InChI is InChI=1S/C11H12F2N2O/c12-7-2-9-6(1-8(14)5-16)4-15-11(9)10(13)3-7/h2-4,8,15-16H,1,5,14H2. The number of aliphatic hydroxyl groups is 1. The van der Waals surface area contributed by atoms with Crippen molar-refractivity contribution in [3.8, 4) is 0 Å². The van der Waals surface area contributed by atoms with Gasteiger partial charge in [0.05, 0.1) is 12.1 Å². The van der Waals surface area contributed by atoms with Crippen LogP contribution in [0, 0.1) is 11.6 Å². The Kier molecular flexibility index (Phi) is 2.89. The first-order chi connectivity index (χ1) is 7.61. The average molecular weight is 226 g/mol. The molecule has 0 saturated carbocycles. The molecule has 3 nitrogen and oxygen atoms in total. The zero-order valence-corrected chi connectivity index (χ0v) is 8.50. The number of fused-ring (bicyclic) bond motifs is 1. The van der Waals surface area contributed by atoms with Gasteiger partial charge in [0.2, 0.25) is 0 Å². The summed E-state index contributed by atoms with van der Waals surface area (Å²) in [6.07, 6.45) is 1.96. The quantitative estimate of drug-likeness (QED) is 0.738. The van der Waals surface area contributed by atoms with Crippen molar-refractivity contribution in [3.63, 3.8) is 0 Å². The maximum absolute atomic E-state index is 13.3. The van der Waals surface area contributed by atoms with E-state index in [4.69, 9.17) is 10.8 Å². The van der Waals surface area contributed by atoms with Crippen LogP contribution in [-0.4, -0.2) is 22.7 Å². The topological polar surface area (TPSA) is 62.0 Å². The van der Waals surface area contributed by atoms with Gasteiger partial charge in [-0.15, -0.1) is 0 Å². The number of hydrogen-bond donors (Lipinski definition) is 3. The van der Waals surface area contributed by atoms with E-state index in [1.54, 1.807) is 6.20 Å². The predicted molar refractivity (Wildman–Crippen MR) is 57.0 cm³/mol. The minimum absolute atomic E-state index is 0.162. The minimum Gasteiger partial charge on any atom is -0.395 e. The lowest BCUT2D eigenvalue weighted by Gasteiger charge is -2.06. The van der Waals surface area contributed by atoms with Gasteiger partial charge in [0.25, 0.3) is 0 Å². The average Bonchev–Trinajstić information content (AvgIpc) is 2.61. The van der Waals surface area contributed by atoms with Crippen molar-refractivity contribution in [1.82, 2.24) is 4.98 Å². The van der Waals surface area contributed by atoms with E-state index in [-0.39, 0.29) is 12.1 Å². The van der Waals surface area contributed by atoms with Crippen LogP contribution in [0.15, 0.2) is 18.3 Å². The van der Waals surface area contributed by atoms with Crippen LogP contribution in [0.3, 0.4) is 0 Å². The normalized spacial score (nSPS) is 13.2. The van der Waals surface area contributed by atoms with Crippen molar-refractivity contribution in [2.75, 3.05) is 6.61 Å². The number of rotatable bonds is 3. The Morgan fingerprint density at radius 2 is 2.12 bits per heavy atom. The van der Waals surface area contributed by atoms with Gasteiger partial charge in [-0.2, -0.15) is 0 Å². The molecule has 0 radical (unpaired) electrons. The van der Waals surface area contributed by atoms with Gasteiger partial charge in [-0.05, 0) is 18.1 Å². The molecule has 0 aliphatic rings. The van der Waals surface area contributed by atoms with Crippen molar-refractivity contribution in [3.05, 3.63) is 35.5 Å². The van der Waals surface area contributed by atoms with Gasteiger partial charge in [-0.3, -0.25) is 0 Å².